The molecule has 1 amide bonds. The normalized spacial score (nSPS) is 13.9. The molecule has 2 heterocycles. The largest absolute Gasteiger partial charge is 0.378 e. The lowest BCUT2D eigenvalue weighted by atomic mass is 10.1. The molecule has 1 N–H and O–H groups in total. The van der Waals surface area contributed by atoms with Crippen LogP contribution in [0.2, 0.25) is 0 Å². The Morgan fingerprint density at radius 2 is 1.69 bits per heavy atom. The van der Waals surface area contributed by atoms with Crippen LogP contribution in [-0.2, 0) is 4.74 Å². The average molecular weight is 407 g/mol. The summed E-state index contributed by atoms with van der Waals surface area (Å²) in [6.45, 7) is 4.53. The zero-order chi connectivity index (χ0) is 20.2. The lowest BCUT2D eigenvalue weighted by Gasteiger charge is -2.28. The lowest BCUT2D eigenvalue weighted by molar-refractivity contribution is 0.101. The van der Waals surface area contributed by atoms with Crippen molar-refractivity contribution < 1.29 is 14.3 Å². The van der Waals surface area contributed by atoms with Crippen LogP contribution in [0.25, 0.3) is 11.1 Å². The minimum absolute atomic E-state index is 0.00351. The van der Waals surface area contributed by atoms with Gasteiger partial charge in [-0.3, -0.25) is 9.59 Å². The first-order valence-corrected chi connectivity index (χ1v) is 10.4. The molecule has 2 aromatic carbocycles. The number of carbonyl (C=O) groups is 2. The van der Waals surface area contributed by atoms with Gasteiger partial charge in [-0.15, -0.1) is 11.3 Å². The Balaban J connectivity index is 1.62. The number of morpholine rings is 1. The van der Waals surface area contributed by atoms with E-state index in [-0.39, 0.29) is 11.7 Å². The molecule has 0 spiro atoms. The lowest BCUT2D eigenvalue weighted by Crippen LogP contribution is -2.35. The monoisotopic (exact) mass is 406 g/mol. The Kier molecular flexibility index (Phi) is 5.74. The van der Waals surface area contributed by atoms with Crippen molar-refractivity contribution in [2.24, 2.45) is 0 Å². The van der Waals surface area contributed by atoms with Crippen LogP contribution in [-0.4, -0.2) is 38.0 Å². The van der Waals surface area contributed by atoms with E-state index in [1.807, 2.05) is 24.3 Å². The third-order valence-corrected chi connectivity index (χ3v) is 6.06. The van der Waals surface area contributed by atoms with Crippen LogP contribution in [0.3, 0.4) is 0 Å². The van der Waals surface area contributed by atoms with Crippen molar-refractivity contribution in [2.45, 2.75) is 6.92 Å². The van der Waals surface area contributed by atoms with Crippen LogP contribution in [0.1, 0.15) is 27.0 Å². The Bertz CT molecular complexity index is 1010. The molecule has 1 aliphatic heterocycles. The Labute approximate surface area is 173 Å². The molecular formula is C23H22N2O3S. The number of thiophene rings is 1. The Hall–Kier alpha value is -2.96. The van der Waals surface area contributed by atoms with Crippen molar-refractivity contribution in [3.63, 3.8) is 0 Å². The minimum Gasteiger partial charge on any atom is -0.378 e. The molecular weight excluding hydrogens is 384 g/mol. The second-order valence-electron chi connectivity index (χ2n) is 6.88. The number of hydrogen-bond acceptors (Lipinski definition) is 5. The molecule has 1 aliphatic rings. The van der Waals surface area contributed by atoms with Gasteiger partial charge in [-0.1, -0.05) is 30.3 Å². The van der Waals surface area contributed by atoms with Crippen LogP contribution in [0.5, 0.6) is 0 Å². The molecule has 1 aromatic heterocycles. The maximum atomic E-state index is 12.9. The Morgan fingerprint density at radius 3 is 2.34 bits per heavy atom. The fraction of sp³-hybridized carbons (Fsp3) is 0.217. The van der Waals surface area contributed by atoms with Gasteiger partial charge in [0.15, 0.2) is 5.78 Å². The van der Waals surface area contributed by atoms with E-state index in [2.05, 4.69) is 22.3 Å². The summed E-state index contributed by atoms with van der Waals surface area (Å²) in [5, 5.41) is 4.03. The summed E-state index contributed by atoms with van der Waals surface area (Å²) >= 11 is 1.50. The van der Waals surface area contributed by atoms with Crippen LogP contribution < -0.4 is 10.2 Å². The first-order chi connectivity index (χ1) is 14.1. The second kappa shape index (κ2) is 8.59. The standard InChI is InChI=1S/C23H22N2O3S/c1-16(26)17-7-9-19(10-8-17)24-22(27)21-15-20(18-5-3-2-4-6-18)23(29-21)25-11-13-28-14-12-25/h2-10,15H,11-14H2,1H3,(H,24,27). The summed E-state index contributed by atoms with van der Waals surface area (Å²) in [6.07, 6.45) is 0. The van der Waals surface area contributed by atoms with E-state index in [9.17, 15) is 9.59 Å². The third kappa shape index (κ3) is 4.39. The van der Waals surface area contributed by atoms with Crippen molar-refractivity contribution >= 4 is 33.7 Å². The van der Waals surface area contributed by atoms with Gasteiger partial charge in [-0.2, -0.15) is 0 Å². The number of ether oxygens (including phenoxy) is 1. The highest BCUT2D eigenvalue weighted by Gasteiger charge is 2.22. The smallest absolute Gasteiger partial charge is 0.265 e. The van der Waals surface area contributed by atoms with E-state index in [0.29, 0.717) is 29.3 Å². The number of ketones is 1. The topological polar surface area (TPSA) is 58.6 Å². The number of carbonyl (C=O) groups excluding carboxylic acids is 2. The molecule has 0 bridgehead atoms. The second-order valence-corrected chi connectivity index (χ2v) is 7.91. The van der Waals surface area contributed by atoms with E-state index in [1.54, 1.807) is 24.3 Å². The number of hydrogen-bond donors (Lipinski definition) is 1. The maximum Gasteiger partial charge on any atom is 0.265 e. The van der Waals surface area contributed by atoms with Crippen molar-refractivity contribution in [3.8, 4) is 11.1 Å². The highest BCUT2D eigenvalue weighted by atomic mass is 32.1. The van der Waals surface area contributed by atoms with Gasteiger partial charge in [0.2, 0.25) is 0 Å². The molecule has 0 unspecified atom stereocenters. The molecule has 0 atom stereocenters. The average Bonchev–Trinajstić information content (AvgIpc) is 3.21. The highest BCUT2D eigenvalue weighted by Crippen LogP contribution is 2.39. The number of Topliss-reactive ketones (excluding diaryl/α,β-unsaturated/α-hetero) is 1. The molecule has 1 saturated heterocycles. The first-order valence-electron chi connectivity index (χ1n) is 9.56. The van der Waals surface area contributed by atoms with Gasteiger partial charge in [0.05, 0.1) is 23.1 Å². The predicted molar refractivity (Wildman–Crippen MR) is 117 cm³/mol. The van der Waals surface area contributed by atoms with Gasteiger partial charge >= 0.3 is 0 Å². The third-order valence-electron chi connectivity index (χ3n) is 4.87. The van der Waals surface area contributed by atoms with Crippen molar-refractivity contribution in [3.05, 3.63) is 71.1 Å². The van der Waals surface area contributed by atoms with E-state index in [1.165, 1.54) is 18.3 Å². The Morgan fingerprint density at radius 1 is 1.00 bits per heavy atom. The van der Waals surface area contributed by atoms with Gasteiger partial charge in [0.25, 0.3) is 5.91 Å². The number of nitrogens with zero attached hydrogens (tertiary/aromatic N) is 1. The molecule has 148 valence electrons. The summed E-state index contributed by atoms with van der Waals surface area (Å²) in [4.78, 5) is 27.3. The highest BCUT2D eigenvalue weighted by molar-refractivity contribution is 7.18. The maximum absolute atomic E-state index is 12.9. The summed E-state index contributed by atoms with van der Waals surface area (Å²) in [5.74, 6) is -0.147. The van der Waals surface area contributed by atoms with Gasteiger partial charge in [-0.05, 0) is 42.8 Å². The SMILES string of the molecule is CC(=O)c1ccc(NC(=O)c2cc(-c3ccccc3)c(N3CCOCC3)s2)cc1. The van der Waals surface area contributed by atoms with E-state index in [4.69, 9.17) is 4.74 Å². The van der Waals surface area contributed by atoms with E-state index < -0.39 is 0 Å². The molecule has 6 heteroatoms. The molecule has 5 nitrogen and oxygen atoms in total. The van der Waals surface area contributed by atoms with Crippen molar-refractivity contribution in [1.29, 1.82) is 0 Å². The zero-order valence-corrected chi connectivity index (χ0v) is 17.0. The zero-order valence-electron chi connectivity index (χ0n) is 16.2. The fourth-order valence-electron chi connectivity index (χ4n) is 3.30. The van der Waals surface area contributed by atoms with Gasteiger partial charge < -0.3 is 15.0 Å². The number of anilines is 2. The van der Waals surface area contributed by atoms with Crippen molar-refractivity contribution in [2.75, 3.05) is 36.5 Å². The molecule has 1 fully saturated rings. The molecule has 0 saturated carbocycles. The quantitative estimate of drug-likeness (QED) is 0.624. The summed E-state index contributed by atoms with van der Waals surface area (Å²) < 4.78 is 5.49. The molecule has 0 aliphatic carbocycles. The fourth-order valence-corrected chi connectivity index (χ4v) is 4.43. The molecule has 29 heavy (non-hydrogen) atoms. The molecule has 0 radical (unpaired) electrons. The van der Waals surface area contributed by atoms with Crippen LogP contribution in [0.4, 0.5) is 10.7 Å². The van der Waals surface area contributed by atoms with Crippen molar-refractivity contribution in [1.82, 2.24) is 0 Å². The van der Waals surface area contributed by atoms with Crippen LogP contribution >= 0.6 is 11.3 Å². The van der Waals surface area contributed by atoms with Gasteiger partial charge in [0, 0.05) is 29.9 Å². The summed E-state index contributed by atoms with van der Waals surface area (Å²) in [6, 6.07) is 19.0. The predicted octanol–water partition coefficient (Wildman–Crippen LogP) is 4.71. The number of rotatable bonds is 5. The molecule has 4 rings (SSSR count). The number of nitrogens with one attached hydrogen (secondary N) is 1. The number of benzene rings is 2. The summed E-state index contributed by atoms with van der Waals surface area (Å²) in [7, 11) is 0. The van der Waals surface area contributed by atoms with E-state index in [0.717, 1.165) is 29.2 Å². The molecule has 3 aromatic rings. The van der Waals surface area contributed by atoms with Gasteiger partial charge in [0.1, 0.15) is 0 Å². The van der Waals surface area contributed by atoms with Crippen LogP contribution in [0, 0.1) is 0 Å². The van der Waals surface area contributed by atoms with Gasteiger partial charge in [-0.25, -0.2) is 0 Å². The van der Waals surface area contributed by atoms with Crippen LogP contribution in [0.15, 0.2) is 60.7 Å². The summed E-state index contributed by atoms with van der Waals surface area (Å²) in [5.41, 5.74) is 3.45. The number of amides is 1. The minimum atomic E-state index is -0.151. The van der Waals surface area contributed by atoms with E-state index >= 15 is 0 Å². The first kappa shape index (κ1) is 19.4.